The van der Waals surface area contributed by atoms with Crippen molar-refractivity contribution in [2.24, 2.45) is 5.73 Å². The molecule has 1 unspecified atom stereocenters. The third-order valence-electron chi connectivity index (χ3n) is 1.52. The van der Waals surface area contributed by atoms with Crippen molar-refractivity contribution >= 4 is 11.6 Å². The molecule has 0 saturated heterocycles. The number of halogens is 1. The van der Waals surface area contributed by atoms with E-state index < -0.39 is 0 Å². The Kier molecular flexibility index (Phi) is 3.38. The predicted octanol–water partition coefficient (Wildman–Crippen LogP) is 2.41. The van der Waals surface area contributed by atoms with Gasteiger partial charge in [0.15, 0.2) is 0 Å². The second-order valence-electron chi connectivity index (χ2n) is 2.49. The first-order valence-corrected chi connectivity index (χ1v) is 4.28. The normalized spacial score (nSPS) is 12.6. The fourth-order valence-corrected chi connectivity index (χ4v) is 0.967. The molecule has 0 saturated carbocycles. The fourth-order valence-electron chi connectivity index (χ4n) is 0.787. The van der Waals surface area contributed by atoms with Gasteiger partial charge in [-0.1, -0.05) is 30.7 Å². The van der Waals surface area contributed by atoms with Crippen LogP contribution in [0.5, 0.6) is 5.75 Å². The third kappa shape index (κ3) is 2.40. The fraction of sp³-hybridized carbons (Fsp3) is 0.333. The number of para-hydroxylation sites is 1. The van der Waals surface area contributed by atoms with Crippen molar-refractivity contribution in [2.45, 2.75) is 19.6 Å². The molecule has 2 nitrogen and oxygen atoms in total. The van der Waals surface area contributed by atoms with Crippen LogP contribution in [0.25, 0.3) is 0 Å². The lowest BCUT2D eigenvalue weighted by Gasteiger charge is -2.12. The molecule has 1 aromatic rings. The lowest BCUT2D eigenvalue weighted by molar-refractivity contribution is 0.205. The average molecular weight is 186 g/mol. The van der Waals surface area contributed by atoms with E-state index in [2.05, 4.69) is 0 Å². The van der Waals surface area contributed by atoms with Gasteiger partial charge >= 0.3 is 0 Å². The lowest BCUT2D eigenvalue weighted by Crippen LogP contribution is -2.25. The van der Waals surface area contributed by atoms with Crippen molar-refractivity contribution in [3.8, 4) is 5.75 Å². The highest BCUT2D eigenvalue weighted by atomic mass is 35.5. The molecule has 0 aliphatic rings. The van der Waals surface area contributed by atoms with Gasteiger partial charge in [-0.15, -0.1) is 0 Å². The van der Waals surface area contributed by atoms with Crippen molar-refractivity contribution < 1.29 is 4.74 Å². The smallest absolute Gasteiger partial charge is 0.147 e. The van der Waals surface area contributed by atoms with E-state index in [1.165, 1.54) is 0 Å². The van der Waals surface area contributed by atoms with Gasteiger partial charge in [0.2, 0.25) is 0 Å². The maximum atomic E-state index is 5.84. The summed E-state index contributed by atoms with van der Waals surface area (Å²) in [5, 5.41) is 0.599. The first kappa shape index (κ1) is 9.36. The van der Waals surface area contributed by atoms with Crippen molar-refractivity contribution in [3.05, 3.63) is 29.3 Å². The summed E-state index contributed by atoms with van der Waals surface area (Å²) in [6.45, 7) is 1.96. The molecule has 0 aromatic heterocycles. The molecule has 12 heavy (non-hydrogen) atoms. The van der Waals surface area contributed by atoms with E-state index >= 15 is 0 Å². The molecule has 0 amide bonds. The number of ether oxygens (including phenoxy) is 1. The Morgan fingerprint density at radius 3 is 2.75 bits per heavy atom. The van der Waals surface area contributed by atoms with Gasteiger partial charge in [-0.3, -0.25) is 5.73 Å². The van der Waals surface area contributed by atoms with Gasteiger partial charge in [0, 0.05) is 0 Å². The zero-order valence-electron chi connectivity index (χ0n) is 6.96. The molecule has 0 spiro atoms. The molecule has 1 aromatic carbocycles. The Morgan fingerprint density at radius 1 is 1.50 bits per heavy atom. The van der Waals surface area contributed by atoms with Crippen LogP contribution < -0.4 is 10.5 Å². The average Bonchev–Trinajstić information content (AvgIpc) is 2.09. The first-order valence-electron chi connectivity index (χ1n) is 3.90. The molecule has 2 N–H and O–H groups in total. The Hall–Kier alpha value is -0.730. The lowest BCUT2D eigenvalue weighted by atomic mass is 10.3. The maximum Gasteiger partial charge on any atom is 0.147 e. The highest BCUT2D eigenvalue weighted by Crippen LogP contribution is 2.23. The first-order chi connectivity index (χ1) is 5.74. The summed E-state index contributed by atoms with van der Waals surface area (Å²) >= 11 is 5.84. The van der Waals surface area contributed by atoms with Crippen LogP contribution in [0.1, 0.15) is 13.3 Å². The van der Waals surface area contributed by atoms with Crippen molar-refractivity contribution in [1.82, 2.24) is 0 Å². The van der Waals surface area contributed by atoms with Gasteiger partial charge in [-0.2, -0.15) is 0 Å². The quantitative estimate of drug-likeness (QED) is 0.735. The molecule has 0 radical (unpaired) electrons. The van der Waals surface area contributed by atoms with Crippen LogP contribution in [0.3, 0.4) is 0 Å². The topological polar surface area (TPSA) is 35.2 Å². The minimum absolute atomic E-state index is 0.273. The van der Waals surface area contributed by atoms with Crippen LogP contribution >= 0.6 is 11.6 Å². The van der Waals surface area contributed by atoms with E-state index in [9.17, 15) is 0 Å². The molecule has 66 valence electrons. The summed E-state index contributed by atoms with van der Waals surface area (Å²) in [6.07, 6.45) is 0.496. The Labute approximate surface area is 77.3 Å². The van der Waals surface area contributed by atoms with Crippen LogP contribution in [0, 0.1) is 0 Å². The van der Waals surface area contributed by atoms with Crippen LogP contribution in [0.4, 0.5) is 0 Å². The van der Waals surface area contributed by atoms with E-state index in [0.29, 0.717) is 10.8 Å². The van der Waals surface area contributed by atoms with Crippen molar-refractivity contribution in [1.29, 1.82) is 0 Å². The van der Waals surface area contributed by atoms with Crippen LogP contribution in [0.15, 0.2) is 24.3 Å². The van der Waals surface area contributed by atoms with Gasteiger partial charge in [-0.05, 0) is 18.6 Å². The number of hydrogen-bond acceptors (Lipinski definition) is 2. The third-order valence-corrected chi connectivity index (χ3v) is 1.83. The minimum Gasteiger partial charge on any atom is -0.474 e. The molecular weight excluding hydrogens is 174 g/mol. The summed E-state index contributed by atoms with van der Waals surface area (Å²) in [5.41, 5.74) is 5.59. The van der Waals surface area contributed by atoms with E-state index in [0.717, 1.165) is 6.42 Å². The number of benzene rings is 1. The Balaban J connectivity index is 2.69. The van der Waals surface area contributed by atoms with Gasteiger partial charge in [0.25, 0.3) is 0 Å². The second kappa shape index (κ2) is 4.33. The molecule has 1 rings (SSSR count). The number of hydrogen-bond donors (Lipinski definition) is 1. The summed E-state index contributed by atoms with van der Waals surface area (Å²) < 4.78 is 5.34. The summed E-state index contributed by atoms with van der Waals surface area (Å²) in [4.78, 5) is 0. The number of rotatable bonds is 3. The minimum atomic E-state index is -0.273. The standard InChI is InChI=1S/C9H12ClNO/c1-2-9(11)12-8-6-4-3-5-7(8)10/h3-6,9H,2,11H2,1H3. The predicted molar refractivity (Wildman–Crippen MR) is 50.3 cm³/mol. The Morgan fingerprint density at radius 2 is 2.17 bits per heavy atom. The molecule has 0 heterocycles. The van der Waals surface area contributed by atoms with Gasteiger partial charge < -0.3 is 4.74 Å². The highest BCUT2D eigenvalue weighted by molar-refractivity contribution is 6.32. The molecule has 0 aliphatic heterocycles. The zero-order chi connectivity index (χ0) is 8.97. The second-order valence-corrected chi connectivity index (χ2v) is 2.90. The zero-order valence-corrected chi connectivity index (χ0v) is 7.71. The summed E-state index contributed by atoms with van der Waals surface area (Å²) in [5.74, 6) is 0.647. The number of nitrogens with two attached hydrogens (primary N) is 1. The molecule has 0 bridgehead atoms. The highest BCUT2D eigenvalue weighted by Gasteiger charge is 2.03. The Bertz CT molecular complexity index is 252. The van der Waals surface area contributed by atoms with E-state index in [-0.39, 0.29) is 6.23 Å². The van der Waals surface area contributed by atoms with Crippen LogP contribution in [0.2, 0.25) is 5.02 Å². The molecule has 0 fully saturated rings. The summed E-state index contributed by atoms with van der Waals surface area (Å²) in [6, 6.07) is 7.30. The molecule has 3 heteroatoms. The summed E-state index contributed by atoms with van der Waals surface area (Å²) in [7, 11) is 0. The van der Waals surface area contributed by atoms with E-state index in [4.69, 9.17) is 22.1 Å². The van der Waals surface area contributed by atoms with Crippen molar-refractivity contribution in [3.63, 3.8) is 0 Å². The van der Waals surface area contributed by atoms with E-state index in [1.54, 1.807) is 12.1 Å². The largest absolute Gasteiger partial charge is 0.474 e. The maximum absolute atomic E-state index is 5.84. The van der Waals surface area contributed by atoms with Crippen molar-refractivity contribution in [2.75, 3.05) is 0 Å². The van der Waals surface area contributed by atoms with Crippen LogP contribution in [-0.4, -0.2) is 6.23 Å². The molecule has 1 atom stereocenters. The van der Waals surface area contributed by atoms with Crippen LogP contribution in [-0.2, 0) is 0 Å². The van der Waals surface area contributed by atoms with Gasteiger partial charge in [0.1, 0.15) is 12.0 Å². The van der Waals surface area contributed by atoms with Gasteiger partial charge in [0.05, 0.1) is 5.02 Å². The monoisotopic (exact) mass is 185 g/mol. The van der Waals surface area contributed by atoms with E-state index in [1.807, 2.05) is 19.1 Å². The van der Waals surface area contributed by atoms with Gasteiger partial charge in [-0.25, -0.2) is 0 Å². The molecular formula is C9H12ClNO. The SMILES string of the molecule is CCC(N)Oc1ccccc1Cl. The molecule has 0 aliphatic carbocycles.